The molecule has 0 aliphatic carbocycles. The zero-order chi connectivity index (χ0) is 18.7. The minimum atomic E-state index is -0.409. The summed E-state index contributed by atoms with van der Waals surface area (Å²) in [5, 5.41) is 13.2. The molecule has 2 amide bonds. The molecule has 2 saturated heterocycles. The zero-order valence-electron chi connectivity index (χ0n) is 14.5. The van der Waals surface area contributed by atoms with Gasteiger partial charge in [0, 0.05) is 24.2 Å². The predicted molar refractivity (Wildman–Crippen MR) is 101 cm³/mol. The van der Waals surface area contributed by atoms with Gasteiger partial charge in [-0.3, -0.25) is 14.5 Å². The van der Waals surface area contributed by atoms with Gasteiger partial charge >= 0.3 is 0 Å². The van der Waals surface area contributed by atoms with Crippen LogP contribution in [0.3, 0.4) is 0 Å². The van der Waals surface area contributed by atoms with E-state index in [0.29, 0.717) is 37.5 Å². The van der Waals surface area contributed by atoms with Gasteiger partial charge in [-0.2, -0.15) is 0 Å². The number of hydrogen-bond donors (Lipinski definition) is 2. The molecule has 142 valence electrons. The van der Waals surface area contributed by atoms with E-state index < -0.39 is 5.91 Å². The number of nitrogens with one attached hydrogen (secondary N) is 1. The van der Waals surface area contributed by atoms with Crippen LogP contribution in [0.25, 0.3) is 0 Å². The van der Waals surface area contributed by atoms with Crippen LogP contribution < -0.4 is 5.32 Å². The third kappa shape index (κ3) is 4.61. The summed E-state index contributed by atoms with van der Waals surface area (Å²) in [6.07, 6.45) is 3.71. The molecule has 0 unspecified atom stereocenters. The second kappa shape index (κ2) is 8.46. The van der Waals surface area contributed by atoms with Crippen molar-refractivity contribution < 1.29 is 14.7 Å². The Bertz CT molecular complexity index is 685. The summed E-state index contributed by atoms with van der Waals surface area (Å²) in [4.78, 5) is 28.8. The number of phenols is 1. The summed E-state index contributed by atoms with van der Waals surface area (Å²) < 4.78 is 0. The molecule has 0 aromatic heterocycles. The number of phenolic OH excluding ortho intramolecular Hbond substituents is 1. The van der Waals surface area contributed by atoms with Crippen LogP contribution in [0.15, 0.2) is 12.1 Å². The molecule has 0 saturated carbocycles. The van der Waals surface area contributed by atoms with E-state index in [9.17, 15) is 14.7 Å². The zero-order valence-corrected chi connectivity index (χ0v) is 16.0. The second-order valence-electron chi connectivity index (χ2n) is 6.90. The third-order valence-electron chi connectivity index (χ3n) is 5.01. The molecule has 2 heterocycles. The van der Waals surface area contributed by atoms with Crippen molar-refractivity contribution >= 4 is 35.0 Å². The van der Waals surface area contributed by atoms with Crippen molar-refractivity contribution in [3.05, 3.63) is 27.7 Å². The second-order valence-corrected chi connectivity index (χ2v) is 7.74. The lowest BCUT2D eigenvalue weighted by molar-refractivity contribution is -0.133. The lowest BCUT2D eigenvalue weighted by atomic mass is 10.0. The van der Waals surface area contributed by atoms with Crippen LogP contribution in [0.1, 0.15) is 36.0 Å². The molecule has 1 aromatic rings. The van der Waals surface area contributed by atoms with Gasteiger partial charge in [0.2, 0.25) is 5.91 Å². The maximum Gasteiger partial charge on any atom is 0.255 e. The Hall–Kier alpha value is -1.50. The van der Waals surface area contributed by atoms with Crippen molar-refractivity contribution in [2.75, 3.05) is 32.7 Å². The first kappa shape index (κ1) is 19.3. The largest absolute Gasteiger partial charge is 0.506 e. The predicted octanol–water partition coefficient (Wildman–Crippen LogP) is 2.52. The lowest BCUT2D eigenvalue weighted by Crippen LogP contribution is -2.48. The maximum atomic E-state index is 12.4. The van der Waals surface area contributed by atoms with Crippen LogP contribution in [0.2, 0.25) is 10.0 Å². The summed E-state index contributed by atoms with van der Waals surface area (Å²) in [5.74, 6) is -0.517. The van der Waals surface area contributed by atoms with Gasteiger partial charge < -0.3 is 15.3 Å². The molecule has 3 rings (SSSR count). The third-order valence-corrected chi connectivity index (χ3v) is 5.52. The van der Waals surface area contributed by atoms with Crippen molar-refractivity contribution in [2.24, 2.45) is 0 Å². The first-order valence-corrected chi connectivity index (χ1v) is 9.68. The fraction of sp³-hybridized carbons (Fsp3) is 0.556. The molecule has 26 heavy (non-hydrogen) atoms. The van der Waals surface area contributed by atoms with Crippen molar-refractivity contribution in [1.29, 1.82) is 0 Å². The number of aromatic hydroxyl groups is 1. The van der Waals surface area contributed by atoms with Crippen LogP contribution in [-0.2, 0) is 4.79 Å². The molecule has 2 N–H and O–H groups in total. The lowest BCUT2D eigenvalue weighted by Gasteiger charge is -2.33. The molecule has 0 atom stereocenters. The van der Waals surface area contributed by atoms with Crippen LogP contribution >= 0.6 is 23.2 Å². The van der Waals surface area contributed by atoms with E-state index in [2.05, 4.69) is 10.2 Å². The Morgan fingerprint density at radius 3 is 2.42 bits per heavy atom. The van der Waals surface area contributed by atoms with Gasteiger partial charge in [-0.15, -0.1) is 0 Å². The molecular weight excluding hydrogens is 377 g/mol. The molecule has 0 radical (unpaired) electrons. The van der Waals surface area contributed by atoms with Gasteiger partial charge in [-0.1, -0.05) is 23.2 Å². The highest BCUT2D eigenvalue weighted by atomic mass is 35.5. The highest BCUT2D eigenvalue weighted by Crippen LogP contribution is 2.31. The summed E-state index contributed by atoms with van der Waals surface area (Å²) in [7, 11) is 0. The van der Waals surface area contributed by atoms with E-state index in [1.165, 1.54) is 25.0 Å². The van der Waals surface area contributed by atoms with Crippen LogP contribution in [0.5, 0.6) is 5.75 Å². The van der Waals surface area contributed by atoms with Crippen LogP contribution in [-0.4, -0.2) is 65.5 Å². The first-order valence-electron chi connectivity index (χ1n) is 8.93. The van der Waals surface area contributed by atoms with Crippen LogP contribution in [0, 0.1) is 0 Å². The number of hydrogen-bond acceptors (Lipinski definition) is 4. The van der Waals surface area contributed by atoms with E-state index in [1.54, 1.807) is 0 Å². The molecule has 2 aliphatic rings. The Morgan fingerprint density at radius 2 is 1.77 bits per heavy atom. The van der Waals surface area contributed by atoms with E-state index in [4.69, 9.17) is 23.2 Å². The average molecular weight is 400 g/mol. The Balaban J connectivity index is 1.50. The Morgan fingerprint density at radius 1 is 1.12 bits per heavy atom. The molecule has 8 heteroatoms. The number of carbonyl (C=O) groups is 2. The number of benzene rings is 1. The van der Waals surface area contributed by atoms with E-state index in [1.807, 2.05) is 4.90 Å². The van der Waals surface area contributed by atoms with Crippen molar-refractivity contribution in [3.63, 3.8) is 0 Å². The number of likely N-dealkylation sites (tertiary alicyclic amines) is 2. The summed E-state index contributed by atoms with van der Waals surface area (Å²) in [6, 6.07) is 2.74. The standard InChI is InChI=1S/C18H23Cl2N3O3/c19-12-9-14(17(25)15(20)10-12)18(26)21-13-3-7-23(8-4-13)16(24)11-22-5-1-2-6-22/h9-10,13,25H,1-8,11H2,(H,21,26). The summed E-state index contributed by atoms with van der Waals surface area (Å²) in [5.41, 5.74) is 0.0649. The van der Waals surface area contributed by atoms with Gasteiger partial charge in [-0.05, 0) is 50.9 Å². The first-order chi connectivity index (χ1) is 12.4. The highest BCUT2D eigenvalue weighted by molar-refractivity contribution is 6.36. The molecule has 2 aliphatic heterocycles. The maximum absolute atomic E-state index is 12.4. The molecule has 6 nitrogen and oxygen atoms in total. The van der Waals surface area contributed by atoms with E-state index >= 15 is 0 Å². The smallest absolute Gasteiger partial charge is 0.255 e. The van der Waals surface area contributed by atoms with Gasteiger partial charge in [0.05, 0.1) is 17.1 Å². The minimum absolute atomic E-state index is 0.0458. The molecule has 0 spiro atoms. The fourth-order valence-corrected chi connectivity index (χ4v) is 4.00. The quantitative estimate of drug-likeness (QED) is 0.815. The monoisotopic (exact) mass is 399 g/mol. The molecule has 2 fully saturated rings. The van der Waals surface area contributed by atoms with Crippen molar-refractivity contribution in [1.82, 2.24) is 15.1 Å². The fourth-order valence-electron chi connectivity index (χ4n) is 3.51. The normalized spacial score (nSPS) is 18.9. The number of carbonyl (C=O) groups excluding carboxylic acids is 2. The number of halogens is 2. The van der Waals surface area contributed by atoms with Gasteiger partial charge in [-0.25, -0.2) is 0 Å². The van der Waals surface area contributed by atoms with E-state index in [-0.39, 0.29) is 28.3 Å². The van der Waals surface area contributed by atoms with Crippen LogP contribution in [0.4, 0.5) is 0 Å². The minimum Gasteiger partial charge on any atom is -0.506 e. The molecule has 0 bridgehead atoms. The number of nitrogens with zero attached hydrogens (tertiary/aromatic N) is 2. The molecular formula is C18H23Cl2N3O3. The van der Waals surface area contributed by atoms with Gasteiger partial charge in [0.1, 0.15) is 5.75 Å². The summed E-state index contributed by atoms with van der Waals surface area (Å²) in [6.45, 7) is 3.75. The highest BCUT2D eigenvalue weighted by Gasteiger charge is 2.26. The van der Waals surface area contributed by atoms with Gasteiger partial charge in [0.15, 0.2) is 0 Å². The Kier molecular flexibility index (Phi) is 6.27. The average Bonchev–Trinajstić information content (AvgIpc) is 3.11. The summed E-state index contributed by atoms with van der Waals surface area (Å²) >= 11 is 11.8. The Labute approximate surface area is 163 Å². The number of amides is 2. The number of piperidine rings is 1. The van der Waals surface area contributed by atoms with Crippen molar-refractivity contribution in [2.45, 2.75) is 31.7 Å². The van der Waals surface area contributed by atoms with Gasteiger partial charge in [0.25, 0.3) is 5.91 Å². The number of rotatable bonds is 4. The molecule has 1 aromatic carbocycles. The van der Waals surface area contributed by atoms with E-state index in [0.717, 1.165) is 13.1 Å². The SMILES string of the molecule is O=C(NC1CCN(C(=O)CN2CCCC2)CC1)c1cc(Cl)cc(Cl)c1O. The topological polar surface area (TPSA) is 72.9 Å². The van der Waals surface area contributed by atoms with Crippen molar-refractivity contribution in [3.8, 4) is 5.75 Å².